The summed E-state index contributed by atoms with van der Waals surface area (Å²) in [6.07, 6.45) is 0.993. The Kier molecular flexibility index (Phi) is 6.76. The van der Waals surface area contributed by atoms with Gasteiger partial charge in [0.05, 0.1) is 30.2 Å². The second kappa shape index (κ2) is 8.11. The van der Waals surface area contributed by atoms with E-state index in [-0.39, 0.29) is 5.91 Å². The lowest BCUT2D eigenvalue weighted by Gasteiger charge is -2.15. The standard InChI is InChI=1S/C14H21ClN2O/c1-3-17(4-2)11-7-10-16-14(18)12-8-5-6-9-13(12)15/h5-6,8-9H,3-4,7,10-11H2,1-2H3,(H,16,18)/p+1. The minimum Gasteiger partial charge on any atom is -0.352 e. The molecule has 0 radical (unpaired) electrons. The van der Waals surface area contributed by atoms with E-state index in [0.717, 1.165) is 26.1 Å². The first-order valence-electron chi connectivity index (χ1n) is 6.55. The van der Waals surface area contributed by atoms with Crippen molar-refractivity contribution in [1.29, 1.82) is 0 Å². The molecule has 1 rings (SSSR count). The first-order valence-corrected chi connectivity index (χ1v) is 6.93. The van der Waals surface area contributed by atoms with Crippen molar-refractivity contribution < 1.29 is 9.69 Å². The van der Waals surface area contributed by atoms with Crippen LogP contribution in [0.25, 0.3) is 0 Å². The summed E-state index contributed by atoms with van der Waals surface area (Å²) in [6, 6.07) is 7.12. The van der Waals surface area contributed by atoms with Gasteiger partial charge in [-0.1, -0.05) is 23.7 Å². The molecule has 1 aromatic carbocycles. The third-order valence-electron chi connectivity index (χ3n) is 3.11. The van der Waals surface area contributed by atoms with Gasteiger partial charge in [-0.05, 0) is 26.0 Å². The van der Waals surface area contributed by atoms with E-state index in [4.69, 9.17) is 11.6 Å². The number of quaternary nitrogens is 1. The van der Waals surface area contributed by atoms with Crippen LogP contribution in [0.4, 0.5) is 0 Å². The summed E-state index contributed by atoms with van der Waals surface area (Å²) in [6.45, 7) is 8.43. The quantitative estimate of drug-likeness (QED) is 0.721. The number of carbonyl (C=O) groups excluding carboxylic acids is 1. The molecule has 2 N–H and O–H groups in total. The number of nitrogens with one attached hydrogen (secondary N) is 2. The second-order valence-electron chi connectivity index (χ2n) is 4.30. The van der Waals surface area contributed by atoms with Gasteiger partial charge in [0.1, 0.15) is 0 Å². The summed E-state index contributed by atoms with van der Waals surface area (Å²) in [4.78, 5) is 13.4. The highest BCUT2D eigenvalue weighted by atomic mass is 35.5. The molecule has 0 aromatic heterocycles. The Balaban J connectivity index is 2.32. The molecular formula is C14H22ClN2O+. The Morgan fingerprint density at radius 1 is 1.28 bits per heavy atom. The number of halogens is 1. The van der Waals surface area contributed by atoms with Gasteiger partial charge >= 0.3 is 0 Å². The Morgan fingerprint density at radius 2 is 1.94 bits per heavy atom. The molecule has 0 atom stereocenters. The van der Waals surface area contributed by atoms with E-state index in [0.29, 0.717) is 17.1 Å². The third kappa shape index (κ3) is 4.67. The van der Waals surface area contributed by atoms with E-state index in [1.54, 1.807) is 17.0 Å². The van der Waals surface area contributed by atoms with Crippen molar-refractivity contribution >= 4 is 17.5 Å². The van der Waals surface area contributed by atoms with E-state index >= 15 is 0 Å². The van der Waals surface area contributed by atoms with Crippen molar-refractivity contribution in [2.24, 2.45) is 0 Å². The minimum atomic E-state index is -0.0878. The van der Waals surface area contributed by atoms with Crippen LogP contribution >= 0.6 is 11.6 Å². The molecule has 0 fully saturated rings. The van der Waals surface area contributed by atoms with Crippen LogP contribution in [-0.2, 0) is 0 Å². The molecular weight excluding hydrogens is 248 g/mol. The molecule has 1 amide bonds. The van der Waals surface area contributed by atoms with Gasteiger partial charge < -0.3 is 10.2 Å². The third-order valence-corrected chi connectivity index (χ3v) is 3.44. The molecule has 4 heteroatoms. The smallest absolute Gasteiger partial charge is 0.252 e. The van der Waals surface area contributed by atoms with Crippen LogP contribution in [0.2, 0.25) is 5.02 Å². The van der Waals surface area contributed by atoms with Crippen LogP contribution in [0.1, 0.15) is 30.6 Å². The Hall–Kier alpha value is -1.06. The second-order valence-corrected chi connectivity index (χ2v) is 4.70. The van der Waals surface area contributed by atoms with Gasteiger partial charge in [0.25, 0.3) is 5.91 Å². The van der Waals surface area contributed by atoms with Gasteiger partial charge in [-0.3, -0.25) is 4.79 Å². The molecule has 18 heavy (non-hydrogen) atoms. The Bertz CT molecular complexity index is 378. The fourth-order valence-electron chi connectivity index (χ4n) is 1.88. The maximum absolute atomic E-state index is 11.8. The number of rotatable bonds is 7. The van der Waals surface area contributed by atoms with Gasteiger partial charge in [-0.25, -0.2) is 0 Å². The largest absolute Gasteiger partial charge is 0.352 e. The average molecular weight is 270 g/mol. The normalized spacial score (nSPS) is 10.7. The molecule has 0 unspecified atom stereocenters. The van der Waals surface area contributed by atoms with Gasteiger partial charge in [0, 0.05) is 13.0 Å². The summed E-state index contributed by atoms with van der Waals surface area (Å²) in [5, 5.41) is 3.41. The lowest BCUT2D eigenvalue weighted by molar-refractivity contribution is -0.896. The monoisotopic (exact) mass is 269 g/mol. The summed E-state index contributed by atoms with van der Waals surface area (Å²) in [7, 11) is 0. The zero-order valence-corrected chi connectivity index (χ0v) is 11.9. The molecule has 0 spiro atoms. The highest BCUT2D eigenvalue weighted by Crippen LogP contribution is 2.14. The zero-order chi connectivity index (χ0) is 13.4. The van der Waals surface area contributed by atoms with Crippen molar-refractivity contribution in [2.75, 3.05) is 26.2 Å². The van der Waals surface area contributed by atoms with Crippen LogP contribution in [0.5, 0.6) is 0 Å². The predicted molar refractivity (Wildman–Crippen MR) is 75.3 cm³/mol. The SMILES string of the molecule is CC[NH+](CC)CCCNC(=O)c1ccccc1Cl. The molecule has 0 bridgehead atoms. The lowest BCUT2D eigenvalue weighted by atomic mass is 10.2. The van der Waals surface area contributed by atoms with Crippen LogP contribution in [0.3, 0.4) is 0 Å². The van der Waals surface area contributed by atoms with Gasteiger partial charge in [-0.15, -0.1) is 0 Å². The van der Waals surface area contributed by atoms with Crippen molar-refractivity contribution in [2.45, 2.75) is 20.3 Å². The highest BCUT2D eigenvalue weighted by Gasteiger charge is 2.09. The number of hydrogen-bond acceptors (Lipinski definition) is 1. The fourth-order valence-corrected chi connectivity index (χ4v) is 2.11. The summed E-state index contributed by atoms with van der Waals surface area (Å²) in [5.41, 5.74) is 0.550. The molecule has 1 aromatic rings. The number of carbonyl (C=O) groups is 1. The molecule has 0 heterocycles. The Morgan fingerprint density at radius 3 is 2.56 bits per heavy atom. The highest BCUT2D eigenvalue weighted by molar-refractivity contribution is 6.33. The van der Waals surface area contributed by atoms with Crippen LogP contribution < -0.4 is 10.2 Å². The average Bonchev–Trinajstić information content (AvgIpc) is 2.39. The van der Waals surface area contributed by atoms with Crippen LogP contribution in [-0.4, -0.2) is 32.1 Å². The molecule has 0 aliphatic heterocycles. The van der Waals surface area contributed by atoms with Gasteiger partial charge in [0.15, 0.2) is 0 Å². The van der Waals surface area contributed by atoms with Gasteiger partial charge in [0.2, 0.25) is 0 Å². The number of amides is 1. The molecule has 100 valence electrons. The predicted octanol–water partition coefficient (Wildman–Crippen LogP) is 1.38. The summed E-state index contributed by atoms with van der Waals surface area (Å²) < 4.78 is 0. The maximum atomic E-state index is 11.8. The first-order chi connectivity index (χ1) is 8.69. The van der Waals surface area contributed by atoms with E-state index in [9.17, 15) is 4.79 Å². The molecule has 0 aliphatic rings. The minimum absolute atomic E-state index is 0.0878. The maximum Gasteiger partial charge on any atom is 0.252 e. The summed E-state index contributed by atoms with van der Waals surface area (Å²) in [5.74, 6) is -0.0878. The van der Waals surface area contributed by atoms with Crippen molar-refractivity contribution in [1.82, 2.24) is 5.32 Å². The molecule has 0 saturated heterocycles. The molecule has 0 aliphatic carbocycles. The lowest BCUT2D eigenvalue weighted by Crippen LogP contribution is -3.11. The van der Waals surface area contributed by atoms with E-state index in [1.165, 1.54) is 0 Å². The first kappa shape index (κ1) is 15.0. The van der Waals surface area contributed by atoms with Crippen molar-refractivity contribution in [3.8, 4) is 0 Å². The Labute approximate surface area is 114 Å². The topological polar surface area (TPSA) is 33.5 Å². The fraction of sp³-hybridized carbons (Fsp3) is 0.500. The summed E-state index contributed by atoms with van der Waals surface area (Å²) >= 11 is 5.96. The van der Waals surface area contributed by atoms with Gasteiger partial charge in [-0.2, -0.15) is 0 Å². The molecule has 3 nitrogen and oxygen atoms in total. The number of hydrogen-bond donors (Lipinski definition) is 2. The van der Waals surface area contributed by atoms with Crippen molar-refractivity contribution in [3.63, 3.8) is 0 Å². The zero-order valence-electron chi connectivity index (χ0n) is 11.1. The van der Waals surface area contributed by atoms with Crippen LogP contribution in [0.15, 0.2) is 24.3 Å². The van der Waals surface area contributed by atoms with Crippen LogP contribution in [0, 0.1) is 0 Å². The molecule has 0 saturated carbocycles. The number of benzene rings is 1. The van der Waals surface area contributed by atoms with E-state index in [2.05, 4.69) is 19.2 Å². The van der Waals surface area contributed by atoms with E-state index < -0.39 is 0 Å². The van der Waals surface area contributed by atoms with E-state index in [1.807, 2.05) is 12.1 Å². The van der Waals surface area contributed by atoms with Crippen molar-refractivity contribution in [3.05, 3.63) is 34.9 Å².